The van der Waals surface area contributed by atoms with Crippen LogP contribution in [0.25, 0.3) is 0 Å². The summed E-state index contributed by atoms with van der Waals surface area (Å²) in [6, 6.07) is 0. The SMILES string of the molecule is CC(C)(C)[N+]1(C(=O)O)CC=CC1. The molecule has 1 aliphatic heterocycles. The fourth-order valence-electron chi connectivity index (χ4n) is 1.57. The van der Waals surface area contributed by atoms with Gasteiger partial charge in [0.15, 0.2) is 0 Å². The molecule has 0 aromatic rings. The van der Waals surface area contributed by atoms with E-state index in [-0.39, 0.29) is 10.0 Å². The molecule has 12 heavy (non-hydrogen) atoms. The van der Waals surface area contributed by atoms with Gasteiger partial charge in [-0.1, -0.05) is 0 Å². The van der Waals surface area contributed by atoms with Gasteiger partial charge in [-0.05, 0) is 32.9 Å². The molecule has 0 bridgehead atoms. The average Bonchev–Trinajstić information content (AvgIpc) is 2.31. The lowest BCUT2D eigenvalue weighted by Gasteiger charge is -2.39. The zero-order valence-electron chi connectivity index (χ0n) is 7.87. The summed E-state index contributed by atoms with van der Waals surface area (Å²) >= 11 is 0. The van der Waals surface area contributed by atoms with Crippen molar-refractivity contribution in [3.63, 3.8) is 0 Å². The molecule has 1 N–H and O–H groups in total. The highest BCUT2D eigenvalue weighted by atomic mass is 16.4. The Morgan fingerprint density at radius 1 is 1.33 bits per heavy atom. The van der Waals surface area contributed by atoms with E-state index in [4.69, 9.17) is 5.11 Å². The molecule has 0 aromatic heterocycles. The predicted octanol–water partition coefficient (Wildman–Crippen LogP) is 1.85. The van der Waals surface area contributed by atoms with Crippen LogP contribution >= 0.6 is 0 Å². The molecule has 3 nitrogen and oxygen atoms in total. The summed E-state index contributed by atoms with van der Waals surface area (Å²) in [4.78, 5) is 11.1. The minimum Gasteiger partial charge on any atom is -0.435 e. The summed E-state index contributed by atoms with van der Waals surface area (Å²) in [5.74, 6) is 0. The van der Waals surface area contributed by atoms with Crippen molar-refractivity contribution in [3.05, 3.63) is 12.2 Å². The highest BCUT2D eigenvalue weighted by Gasteiger charge is 2.47. The van der Waals surface area contributed by atoms with Crippen molar-refractivity contribution >= 4 is 6.09 Å². The molecule has 0 radical (unpaired) electrons. The van der Waals surface area contributed by atoms with E-state index in [0.29, 0.717) is 13.1 Å². The maximum atomic E-state index is 11.1. The Bertz CT molecular complexity index is 217. The normalized spacial score (nSPS) is 21.2. The van der Waals surface area contributed by atoms with Crippen molar-refractivity contribution in [1.82, 2.24) is 0 Å². The maximum Gasteiger partial charge on any atom is 0.514 e. The number of carboxylic acid groups (broad SMARTS) is 1. The lowest BCUT2D eigenvalue weighted by Crippen LogP contribution is -2.61. The molecule has 0 spiro atoms. The fourth-order valence-corrected chi connectivity index (χ4v) is 1.57. The summed E-state index contributed by atoms with van der Waals surface area (Å²) in [7, 11) is 0. The Kier molecular flexibility index (Phi) is 2.00. The van der Waals surface area contributed by atoms with Crippen LogP contribution in [0, 0.1) is 0 Å². The summed E-state index contributed by atoms with van der Waals surface area (Å²) in [5, 5.41) is 9.13. The molecule has 1 heterocycles. The van der Waals surface area contributed by atoms with Crippen molar-refractivity contribution in [2.45, 2.75) is 26.3 Å². The van der Waals surface area contributed by atoms with Gasteiger partial charge in [0.2, 0.25) is 0 Å². The third kappa shape index (κ3) is 1.14. The predicted molar refractivity (Wildman–Crippen MR) is 46.9 cm³/mol. The zero-order chi connectivity index (χ0) is 9.41. The highest BCUT2D eigenvalue weighted by Crippen LogP contribution is 2.28. The zero-order valence-corrected chi connectivity index (χ0v) is 7.87. The molecule has 0 aromatic carbocycles. The van der Waals surface area contributed by atoms with Gasteiger partial charge in [-0.2, -0.15) is 4.79 Å². The minimum atomic E-state index is -0.729. The topological polar surface area (TPSA) is 37.3 Å². The third-order valence-electron chi connectivity index (χ3n) is 2.65. The van der Waals surface area contributed by atoms with Crippen LogP contribution in [-0.2, 0) is 0 Å². The second-order valence-corrected chi connectivity index (χ2v) is 4.26. The summed E-state index contributed by atoms with van der Waals surface area (Å²) < 4.78 is 0.132. The molecular weight excluding hydrogens is 154 g/mol. The summed E-state index contributed by atoms with van der Waals surface area (Å²) in [6.45, 7) is 7.12. The number of rotatable bonds is 0. The van der Waals surface area contributed by atoms with Crippen LogP contribution in [-0.4, -0.2) is 34.3 Å². The van der Waals surface area contributed by atoms with E-state index in [2.05, 4.69) is 0 Å². The van der Waals surface area contributed by atoms with E-state index >= 15 is 0 Å². The van der Waals surface area contributed by atoms with Crippen molar-refractivity contribution in [1.29, 1.82) is 0 Å². The summed E-state index contributed by atoms with van der Waals surface area (Å²) in [5.41, 5.74) is -0.227. The average molecular weight is 170 g/mol. The van der Waals surface area contributed by atoms with E-state index in [0.717, 1.165) is 0 Å². The lowest BCUT2D eigenvalue weighted by atomic mass is 10.0. The van der Waals surface area contributed by atoms with Crippen LogP contribution in [0.3, 0.4) is 0 Å². The van der Waals surface area contributed by atoms with Crippen LogP contribution in [0.15, 0.2) is 12.2 Å². The molecule has 1 amide bonds. The molecule has 0 fully saturated rings. The second-order valence-electron chi connectivity index (χ2n) is 4.26. The molecule has 0 aliphatic carbocycles. The van der Waals surface area contributed by atoms with Gasteiger partial charge in [0.25, 0.3) is 0 Å². The largest absolute Gasteiger partial charge is 0.514 e. The Morgan fingerprint density at radius 3 is 1.92 bits per heavy atom. The third-order valence-corrected chi connectivity index (χ3v) is 2.65. The van der Waals surface area contributed by atoms with Crippen LogP contribution in [0.2, 0.25) is 0 Å². The first-order valence-corrected chi connectivity index (χ1v) is 4.16. The van der Waals surface area contributed by atoms with Crippen molar-refractivity contribution < 1.29 is 14.4 Å². The number of quaternary nitrogens is 1. The number of amides is 1. The second kappa shape index (κ2) is 2.59. The Labute approximate surface area is 72.9 Å². The molecule has 0 saturated heterocycles. The maximum absolute atomic E-state index is 11.1. The molecule has 68 valence electrons. The fraction of sp³-hybridized carbons (Fsp3) is 0.667. The van der Waals surface area contributed by atoms with Crippen LogP contribution < -0.4 is 0 Å². The molecule has 0 unspecified atom stereocenters. The molecule has 0 saturated carbocycles. The number of nitrogens with zero attached hydrogens (tertiary/aromatic N) is 1. The lowest BCUT2D eigenvalue weighted by molar-refractivity contribution is -0.888. The minimum absolute atomic E-state index is 0.132. The first-order chi connectivity index (χ1) is 5.40. The van der Waals surface area contributed by atoms with E-state index < -0.39 is 6.09 Å². The smallest absolute Gasteiger partial charge is 0.435 e. The van der Waals surface area contributed by atoms with E-state index in [1.54, 1.807) is 0 Å². The van der Waals surface area contributed by atoms with Crippen LogP contribution in [0.1, 0.15) is 20.8 Å². The van der Waals surface area contributed by atoms with Gasteiger partial charge < -0.3 is 5.11 Å². The Balaban J connectivity index is 2.97. The van der Waals surface area contributed by atoms with Crippen LogP contribution in [0.5, 0.6) is 0 Å². The van der Waals surface area contributed by atoms with E-state index in [1.165, 1.54) is 0 Å². The number of hydrogen-bond donors (Lipinski definition) is 1. The number of carbonyl (C=O) groups is 1. The molecule has 1 aliphatic rings. The quantitative estimate of drug-likeness (QED) is 0.445. The first kappa shape index (κ1) is 9.26. The monoisotopic (exact) mass is 170 g/mol. The van der Waals surface area contributed by atoms with Gasteiger partial charge >= 0.3 is 6.09 Å². The van der Waals surface area contributed by atoms with Crippen molar-refractivity contribution in [3.8, 4) is 0 Å². The Hall–Kier alpha value is -0.830. The van der Waals surface area contributed by atoms with Gasteiger partial charge in [-0.15, -0.1) is 0 Å². The van der Waals surface area contributed by atoms with E-state index in [1.807, 2.05) is 32.9 Å². The molecule has 0 atom stereocenters. The molecule has 3 heteroatoms. The van der Waals surface area contributed by atoms with Gasteiger partial charge in [0.05, 0.1) is 0 Å². The highest BCUT2D eigenvalue weighted by molar-refractivity contribution is 5.58. The molecular formula is C9H16NO2+. The van der Waals surface area contributed by atoms with Gasteiger partial charge in [0, 0.05) is 0 Å². The Morgan fingerprint density at radius 2 is 1.75 bits per heavy atom. The van der Waals surface area contributed by atoms with E-state index in [9.17, 15) is 4.79 Å². The van der Waals surface area contributed by atoms with Gasteiger partial charge in [-0.3, -0.25) is 0 Å². The summed E-state index contributed by atoms with van der Waals surface area (Å²) in [6.07, 6.45) is 3.16. The first-order valence-electron chi connectivity index (χ1n) is 4.16. The van der Waals surface area contributed by atoms with Crippen LogP contribution in [0.4, 0.5) is 4.79 Å². The van der Waals surface area contributed by atoms with Gasteiger partial charge in [-0.25, -0.2) is 4.48 Å². The van der Waals surface area contributed by atoms with Gasteiger partial charge in [0.1, 0.15) is 18.6 Å². The van der Waals surface area contributed by atoms with Crippen molar-refractivity contribution in [2.75, 3.05) is 13.1 Å². The number of hydrogen-bond acceptors (Lipinski definition) is 1. The molecule has 1 rings (SSSR count). The van der Waals surface area contributed by atoms with Crippen molar-refractivity contribution in [2.24, 2.45) is 0 Å². The standard InChI is InChI=1S/C9H15NO2/c1-9(2,3)10(8(11)12)6-4-5-7-10/h4-5H,6-7H2,1-3H3/p+1.